The lowest BCUT2D eigenvalue weighted by Crippen LogP contribution is -2.28. The number of hydrogen-bond acceptors (Lipinski definition) is 3. The highest BCUT2D eigenvalue weighted by Crippen LogP contribution is 2.20. The molecule has 0 spiro atoms. The summed E-state index contributed by atoms with van der Waals surface area (Å²) in [6, 6.07) is 7.50. The monoisotopic (exact) mass is 320 g/mol. The van der Waals surface area contributed by atoms with E-state index in [0.29, 0.717) is 17.0 Å². The van der Waals surface area contributed by atoms with Gasteiger partial charge in [-0.15, -0.1) is 0 Å². The van der Waals surface area contributed by atoms with Gasteiger partial charge in [-0.3, -0.25) is 14.3 Å². The Morgan fingerprint density at radius 3 is 2.53 bits per heavy atom. The van der Waals surface area contributed by atoms with Crippen molar-refractivity contribution in [2.45, 2.75) is 0 Å². The first-order chi connectivity index (χ1) is 9.06. The number of aromatic nitrogens is 4. The second-order valence-electron chi connectivity index (χ2n) is 4.11. The third-order valence-corrected chi connectivity index (χ3v) is 3.40. The molecule has 0 aliphatic carbocycles. The van der Waals surface area contributed by atoms with Gasteiger partial charge in [-0.05, 0) is 12.1 Å². The van der Waals surface area contributed by atoms with Crippen LogP contribution in [0.2, 0.25) is 0 Å². The van der Waals surface area contributed by atoms with Gasteiger partial charge >= 0.3 is 5.69 Å². The molecule has 0 unspecified atom stereocenters. The van der Waals surface area contributed by atoms with E-state index in [2.05, 4.69) is 30.9 Å². The van der Waals surface area contributed by atoms with Gasteiger partial charge in [0, 0.05) is 17.1 Å². The average Bonchev–Trinajstić information content (AvgIpc) is 2.83. The fourth-order valence-corrected chi connectivity index (χ4v) is 2.11. The van der Waals surface area contributed by atoms with E-state index in [1.165, 1.54) is 4.57 Å². The van der Waals surface area contributed by atoms with Gasteiger partial charge in [-0.25, -0.2) is 9.78 Å². The molecule has 6 nitrogen and oxygen atoms in total. The lowest BCUT2D eigenvalue weighted by Gasteiger charge is -1.96. The van der Waals surface area contributed by atoms with Crippen LogP contribution in [0.25, 0.3) is 22.6 Å². The summed E-state index contributed by atoms with van der Waals surface area (Å²) in [6.45, 7) is 0. The molecule has 19 heavy (non-hydrogen) atoms. The molecular weight excluding hydrogens is 312 g/mol. The van der Waals surface area contributed by atoms with Crippen LogP contribution >= 0.6 is 15.9 Å². The van der Waals surface area contributed by atoms with Crippen LogP contribution in [0, 0.1) is 0 Å². The van der Waals surface area contributed by atoms with Crippen molar-refractivity contribution in [3.63, 3.8) is 0 Å². The number of nitrogens with zero attached hydrogens (tertiary/aromatic N) is 2. The summed E-state index contributed by atoms with van der Waals surface area (Å²) in [7, 11) is 1.56. The summed E-state index contributed by atoms with van der Waals surface area (Å²) < 4.78 is 2.26. The van der Waals surface area contributed by atoms with Crippen LogP contribution in [0.1, 0.15) is 0 Å². The number of aryl methyl sites for hydroxylation is 1. The third kappa shape index (κ3) is 1.91. The van der Waals surface area contributed by atoms with Gasteiger partial charge in [0.05, 0.1) is 0 Å². The highest BCUT2D eigenvalue weighted by Gasteiger charge is 2.11. The Hall–Kier alpha value is -2.15. The molecular formula is C12H9BrN4O2. The number of nitrogens with one attached hydrogen (secondary N) is 2. The van der Waals surface area contributed by atoms with E-state index in [9.17, 15) is 9.59 Å². The van der Waals surface area contributed by atoms with Crippen molar-refractivity contribution in [3.05, 3.63) is 49.6 Å². The first-order valence-corrected chi connectivity index (χ1v) is 6.30. The van der Waals surface area contributed by atoms with Crippen LogP contribution < -0.4 is 11.2 Å². The van der Waals surface area contributed by atoms with Gasteiger partial charge in [0.15, 0.2) is 5.65 Å². The van der Waals surface area contributed by atoms with Gasteiger partial charge in [-0.1, -0.05) is 28.1 Å². The molecule has 0 saturated carbocycles. The van der Waals surface area contributed by atoms with Crippen LogP contribution in [0.3, 0.4) is 0 Å². The largest absolute Gasteiger partial charge is 0.332 e. The molecule has 1 aromatic carbocycles. The Morgan fingerprint density at radius 1 is 1.16 bits per heavy atom. The zero-order valence-electron chi connectivity index (χ0n) is 9.90. The Morgan fingerprint density at radius 2 is 1.84 bits per heavy atom. The number of halogens is 1. The number of fused-ring (bicyclic) bond motifs is 1. The minimum Gasteiger partial charge on any atom is -0.332 e. The maximum Gasteiger partial charge on any atom is 0.329 e. The van der Waals surface area contributed by atoms with Crippen molar-refractivity contribution in [2.75, 3.05) is 0 Å². The molecule has 3 rings (SSSR count). The second-order valence-corrected chi connectivity index (χ2v) is 5.02. The Bertz CT molecular complexity index is 873. The highest BCUT2D eigenvalue weighted by atomic mass is 79.9. The molecule has 0 fully saturated rings. The van der Waals surface area contributed by atoms with Crippen molar-refractivity contribution in [1.29, 1.82) is 0 Å². The summed E-state index contributed by atoms with van der Waals surface area (Å²) >= 11 is 3.35. The Labute approximate surface area is 115 Å². The summed E-state index contributed by atoms with van der Waals surface area (Å²) in [4.78, 5) is 32.7. The van der Waals surface area contributed by atoms with Crippen molar-refractivity contribution >= 4 is 27.1 Å². The van der Waals surface area contributed by atoms with Crippen molar-refractivity contribution in [3.8, 4) is 11.4 Å². The molecule has 0 bridgehead atoms. The normalized spacial score (nSPS) is 11.1. The predicted molar refractivity (Wildman–Crippen MR) is 75.1 cm³/mol. The molecule has 0 saturated heterocycles. The van der Waals surface area contributed by atoms with Crippen LogP contribution in [0.4, 0.5) is 0 Å². The summed E-state index contributed by atoms with van der Waals surface area (Å²) in [5.74, 6) is 0.550. The quantitative estimate of drug-likeness (QED) is 0.710. The van der Waals surface area contributed by atoms with Gasteiger partial charge in [0.2, 0.25) is 0 Å². The molecule has 0 aliphatic rings. The molecule has 2 N–H and O–H groups in total. The summed E-state index contributed by atoms with van der Waals surface area (Å²) in [6.07, 6.45) is 0. The smallest absolute Gasteiger partial charge is 0.329 e. The van der Waals surface area contributed by atoms with Gasteiger partial charge in [0.1, 0.15) is 11.3 Å². The van der Waals surface area contributed by atoms with E-state index >= 15 is 0 Å². The molecule has 2 aromatic heterocycles. The second kappa shape index (κ2) is 4.20. The van der Waals surface area contributed by atoms with Gasteiger partial charge < -0.3 is 4.98 Å². The molecule has 3 aromatic rings. The summed E-state index contributed by atoms with van der Waals surface area (Å²) in [5.41, 5.74) is 0.526. The maximum atomic E-state index is 11.7. The number of benzene rings is 1. The van der Waals surface area contributed by atoms with E-state index in [1.54, 1.807) is 7.05 Å². The molecule has 2 heterocycles. The highest BCUT2D eigenvalue weighted by molar-refractivity contribution is 9.10. The van der Waals surface area contributed by atoms with Crippen molar-refractivity contribution < 1.29 is 0 Å². The molecule has 0 atom stereocenters. The average molecular weight is 321 g/mol. The molecule has 0 amide bonds. The van der Waals surface area contributed by atoms with Gasteiger partial charge in [0.25, 0.3) is 5.56 Å². The van der Waals surface area contributed by atoms with Crippen LogP contribution in [-0.2, 0) is 7.05 Å². The lowest BCUT2D eigenvalue weighted by molar-refractivity contribution is 0.832. The molecule has 0 aliphatic heterocycles. The fourth-order valence-electron chi connectivity index (χ4n) is 1.85. The lowest BCUT2D eigenvalue weighted by atomic mass is 10.2. The summed E-state index contributed by atoms with van der Waals surface area (Å²) in [5, 5.41) is 0. The van der Waals surface area contributed by atoms with Crippen LogP contribution in [0.15, 0.2) is 38.3 Å². The zero-order chi connectivity index (χ0) is 13.6. The fraction of sp³-hybridized carbons (Fsp3) is 0.0833. The topological polar surface area (TPSA) is 83.5 Å². The Kier molecular flexibility index (Phi) is 2.63. The number of imidazole rings is 1. The van der Waals surface area contributed by atoms with Crippen LogP contribution in [-0.4, -0.2) is 19.5 Å². The number of H-pyrrole nitrogens is 2. The molecule has 0 radical (unpaired) electrons. The van der Waals surface area contributed by atoms with Gasteiger partial charge in [-0.2, -0.15) is 0 Å². The minimum atomic E-state index is -0.480. The van der Waals surface area contributed by atoms with E-state index in [-0.39, 0.29) is 0 Å². The SMILES string of the molecule is Cn1c(=O)[nH]c(=O)c2[nH]c(-c3ccc(Br)cc3)nc21. The van der Waals surface area contributed by atoms with Crippen molar-refractivity contribution in [1.82, 2.24) is 19.5 Å². The van der Waals surface area contributed by atoms with E-state index in [1.807, 2.05) is 24.3 Å². The van der Waals surface area contributed by atoms with Crippen LogP contribution in [0.5, 0.6) is 0 Å². The Balaban J connectivity index is 2.30. The van der Waals surface area contributed by atoms with E-state index in [4.69, 9.17) is 0 Å². The first kappa shape index (κ1) is 11.9. The van der Waals surface area contributed by atoms with E-state index < -0.39 is 11.2 Å². The first-order valence-electron chi connectivity index (χ1n) is 5.51. The number of hydrogen-bond donors (Lipinski definition) is 2. The number of rotatable bonds is 1. The standard InChI is InChI=1S/C12H9BrN4O2/c1-17-10-8(11(18)16-12(17)19)14-9(15-10)6-2-4-7(13)5-3-6/h2-5H,1H3,(H,14,15)(H,16,18,19). The zero-order valence-corrected chi connectivity index (χ0v) is 11.5. The predicted octanol–water partition coefficient (Wildman–Crippen LogP) is 1.38. The van der Waals surface area contributed by atoms with Crippen molar-refractivity contribution in [2.24, 2.45) is 7.05 Å². The van der Waals surface area contributed by atoms with E-state index in [0.717, 1.165) is 10.0 Å². The minimum absolute atomic E-state index is 0.292. The molecule has 7 heteroatoms. The number of aromatic amines is 2. The maximum absolute atomic E-state index is 11.7. The third-order valence-electron chi connectivity index (χ3n) is 2.87. The molecule has 96 valence electrons.